The van der Waals surface area contributed by atoms with E-state index in [-0.39, 0.29) is 17.0 Å². The molecule has 0 spiro atoms. The fourth-order valence-corrected chi connectivity index (χ4v) is 2.62. The predicted molar refractivity (Wildman–Crippen MR) is 124 cm³/mol. The van der Waals surface area contributed by atoms with Crippen molar-refractivity contribution in [3.8, 4) is 5.69 Å². The number of ketones is 1. The van der Waals surface area contributed by atoms with E-state index in [0.29, 0.717) is 23.4 Å². The second-order valence-corrected chi connectivity index (χ2v) is 6.06. The highest BCUT2D eigenvalue weighted by Crippen LogP contribution is 2.23. The van der Waals surface area contributed by atoms with Crippen LogP contribution < -0.4 is 5.56 Å². The summed E-state index contributed by atoms with van der Waals surface area (Å²) in [5.41, 5.74) is 3.36. The van der Waals surface area contributed by atoms with E-state index >= 15 is 0 Å². The first kappa shape index (κ1) is 24.8. The van der Waals surface area contributed by atoms with Crippen molar-refractivity contribution < 1.29 is 4.79 Å². The molecular weight excluding hydrogens is 376 g/mol. The molecule has 0 saturated carbocycles. The molecule has 6 heteroatoms. The van der Waals surface area contributed by atoms with Crippen molar-refractivity contribution in [1.29, 1.82) is 0 Å². The summed E-state index contributed by atoms with van der Waals surface area (Å²) in [6.45, 7) is 13.6. The molecule has 0 radical (unpaired) electrons. The molecule has 0 bridgehead atoms. The van der Waals surface area contributed by atoms with Crippen LogP contribution in [0, 0.1) is 13.8 Å². The van der Waals surface area contributed by atoms with Crippen molar-refractivity contribution in [2.75, 3.05) is 0 Å². The summed E-state index contributed by atoms with van der Waals surface area (Å²) in [6.07, 6.45) is 0.385. The number of nitrogens with zero attached hydrogens (tertiary/aromatic N) is 3. The largest absolute Gasteiger partial charge is 0.299 e. The number of Topliss-reactive ketones (excluding diaryl/α,β-unsaturated/α-hetero) is 1. The Morgan fingerprint density at radius 1 is 0.933 bits per heavy atom. The number of aromatic amines is 1. The fourth-order valence-electron chi connectivity index (χ4n) is 2.62. The van der Waals surface area contributed by atoms with Crippen molar-refractivity contribution >= 4 is 17.2 Å². The van der Waals surface area contributed by atoms with Crippen LogP contribution in [0.2, 0.25) is 0 Å². The molecule has 6 nitrogen and oxygen atoms in total. The van der Waals surface area contributed by atoms with E-state index in [0.717, 1.165) is 11.3 Å². The van der Waals surface area contributed by atoms with Gasteiger partial charge in [-0.1, -0.05) is 64.4 Å². The maximum absolute atomic E-state index is 12.7. The standard InChI is InChI=1S/C20H20N4O2.2C2H6/c1-4-18(25)16-7-5-6-8-17(16)21-22-19-14(3)23-24(20(19)26)15-11-9-13(2)10-12-15;2*1-2/h5-12,23H,4H2,1-3H3;2*1-2H3. The van der Waals surface area contributed by atoms with Gasteiger partial charge in [-0.05, 0) is 38.1 Å². The number of H-pyrrole nitrogens is 1. The van der Waals surface area contributed by atoms with Crippen molar-refractivity contribution in [3.05, 3.63) is 75.7 Å². The van der Waals surface area contributed by atoms with Crippen LogP contribution in [-0.4, -0.2) is 15.6 Å². The van der Waals surface area contributed by atoms with Gasteiger partial charge in [-0.15, -0.1) is 10.2 Å². The van der Waals surface area contributed by atoms with Gasteiger partial charge in [0.1, 0.15) is 0 Å². The zero-order valence-corrected chi connectivity index (χ0v) is 19.0. The molecular formula is C24H32N4O2. The molecule has 0 saturated heterocycles. The molecule has 0 atom stereocenters. The van der Waals surface area contributed by atoms with Crippen LogP contribution in [0.4, 0.5) is 11.4 Å². The van der Waals surface area contributed by atoms with Crippen molar-refractivity contribution in [2.45, 2.75) is 54.9 Å². The van der Waals surface area contributed by atoms with Crippen molar-refractivity contribution in [2.24, 2.45) is 10.2 Å². The van der Waals surface area contributed by atoms with Gasteiger partial charge in [0.25, 0.3) is 5.56 Å². The Balaban J connectivity index is 0.00000106. The molecule has 1 N–H and O–H groups in total. The lowest BCUT2D eigenvalue weighted by molar-refractivity contribution is 0.0989. The highest BCUT2D eigenvalue weighted by molar-refractivity contribution is 6.00. The Morgan fingerprint density at radius 3 is 2.13 bits per heavy atom. The van der Waals surface area contributed by atoms with Crippen molar-refractivity contribution in [1.82, 2.24) is 9.78 Å². The first-order valence-corrected chi connectivity index (χ1v) is 10.4. The average Bonchev–Trinajstić information content (AvgIpc) is 3.08. The van der Waals surface area contributed by atoms with E-state index in [2.05, 4.69) is 15.3 Å². The van der Waals surface area contributed by atoms with Gasteiger partial charge in [-0.25, -0.2) is 4.68 Å². The first-order chi connectivity index (χ1) is 14.5. The van der Waals surface area contributed by atoms with Crippen LogP contribution in [-0.2, 0) is 0 Å². The molecule has 1 aromatic heterocycles. The van der Waals surface area contributed by atoms with Gasteiger partial charge < -0.3 is 0 Å². The van der Waals surface area contributed by atoms with Gasteiger partial charge in [0.15, 0.2) is 11.5 Å². The van der Waals surface area contributed by atoms with E-state index in [1.165, 1.54) is 4.68 Å². The zero-order valence-electron chi connectivity index (χ0n) is 19.0. The third-order valence-electron chi connectivity index (χ3n) is 4.12. The van der Waals surface area contributed by atoms with Gasteiger partial charge in [0.05, 0.1) is 17.1 Å². The van der Waals surface area contributed by atoms with E-state index in [4.69, 9.17) is 0 Å². The molecule has 3 rings (SSSR count). The summed E-state index contributed by atoms with van der Waals surface area (Å²) in [6, 6.07) is 14.6. The lowest BCUT2D eigenvalue weighted by Crippen LogP contribution is -2.13. The number of rotatable bonds is 5. The maximum atomic E-state index is 12.7. The monoisotopic (exact) mass is 408 g/mol. The molecule has 160 valence electrons. The van der Waals surface area contributed by atoms with E-state index in [1.807, 2.05) is 58.9 Å². The molecule has 30 heavy (non-hydrogen) atoms. The highest BCUT2D eigenvalue weighted by Gasteiger charge is 2.13. The topological polar surface area (TPSA) is 79.6 Å². The minimum Gasteiger partial charge on any atom is -0.294 e. The molecule has 0 aliphatic heterocycles. The SMILES string of the molecule is CC.CC.CCC(=O)c1ccccc1N=Nc1c(C)[nH]n(-c2ccc(C)cc2)c1=O. The number of azo groups is 1. The van der Waals surface area contributed by atoms with Crippen LogP contribution in [0.1, 0.15) is 62.7 Å². The number of aromatic nitrogens is 2. The summed E-state index contributed by atoms with van der Waals surface area (Å²) in [4.78, 5) is 24.7. The minimum absolute atomic E-state index is 0.0117. The van der Waals surface area contributed by atoms with Crippen molar-refractivity contribution in [3.63, 3.8) is 0 Å². The number of benzene rings is 2. The summed E-state index contributed by atoms with van der Waals surface area (Å²) < 4.78 is 1.44. The summed E-state index contributed by atoms with van der Waals surface area (Å²) in [7, 11) is 0. The van der Waals surface area contributed by atoms with Gasteiger partial charge in [-0.3, -0.25) is 14.7 Å². The smallest absolute Gasteiger partial charge is 0.294 e. The van der Waals surface area contributed by atoms with Crippen LogP contribution in [0.15, 0.2) is 63.6 Å². The summed E-state index contributed by atoms with van der Waals surface area (Å²) in [5, 5.41) is 11.3. The lowest BCUT2D eigenvalue weighted by Gasteiger charge is -2.01. The third-order valence-corrected chi connectivity index (χ3v) is 4.12. The minimum atomic E-state index is -0.283. The van der Waals surface area contributed by atoms with Crippen LogP contribution in [0.5, 0.6) is 0 Å². The van der Waals surface area contributed by atoms with Crippen LogP contribution in [0.25, 0.3) is 5.69 Å². The zero-order chi connectivity index (χ0) is 22.7. The van der Waals surface area contributed by atoms with E-state index in [9.17, 15) is 9.59 Å². The second-order valence-electron chi connectivity index (χ2n) is 6.06. The third kappa shape index (κ3) is 5.86. The average molecular weight is 409 g/mol. The molecule has 0 aliphatic rings. The molecule has 0 unspecified atom stereocenters. The van der Waals surface area contributed by atoms with Gasteiger partial charge in [0.2, 0.25) is 0 Å². The predicted octanol–water partition coefficient (Wildman–Crippen LogP) is 6.84. The number of nitrogens with one attached hydrogen (secondary N) is 1. The number of aryl methyl sites for hydroxylation is 2. The molecule has 2 aromatic carbocycles. The summed E-state index contributed by atoms with van der Waals surface area (Å²) >= 11 is 0. The molecule has 3 aromatic rings. The van der Waals surface area contributed by atoms with Gasteiger partial charge in [0, 0.05) is 12.0 Å². The van der Waals surface area contributed by atoms with Gasteiger partial charge in [-0.2, -0.15) is 0 Å². The Labute approximate surface area is 178 Å². The highest BCUT2D eigenvalue weighted by atomic mass is 16.1. The number of carbonyl (C=O) groups excluding carboxylic acids is 1. The molecule has 0 aliphatic carbocycles. The Morgan fingerprint density at radius 2 is 1.53 bits per heavy atom. The second kappa shape index (κ2) is 12.3. The quantitative estimate of drug-likeness (QED) is 0.370. The fraction of sp³-hybridized carbons (Fsp3) is 0.333. The normalized spacial score (nSPS) is 10.1. The lowest BCUT2D eigenvalue weighted by atomic mass is 10.1. The number of carbonyl (C=O) groups is 1. The summed E-state index contributed by atoms with van der Waals surface area (Å²) in [5.74, 6) is -0.0117. The first-order valence-electron chi connectivity index (χ1n) is 10.4. The van der Waals surface area contributed by atoms with Gasteiger partial charge >= 0.3 is 0 Å². The number of hydrogen-bond acceptors (Lipinski definition) is 4. The Hall–Kier alpha value is -3.28. The molecule has 0 fully saturated rings. The van der Waals surface area contributed by atoms with Crippen LogP contribution >= 0.6 is 0 Å². The van der Waals surface area contributed by atoms with E-state index in [1.54, 1.807) is 38.1 Å². The Bertz CT molecular complexity index is 1030. The maximum Gasteiger partial charge on any atom is 0.299 e. The molecule has 0 amide bonds. The Kier molecular flexibility index (Phi) is 10.2. The molecule has 1 heterocycles. The number of hydrogen-bond donors (Lipinski definition) is 1. The van der Waals surface area contributed by atoms with Crippen LogP contribution in [0.3, 0.4) is 0 Å². The van der Waals surface area contributed by atoms with E-state index < -0.39 is 0 Å².